The summed E-state index contributed by atoms with van der Waals surface area (Å²) in [7, 11) is 0. The molecule has 0 aromatic carbocycles. The highest BCUT2D eigenvalue weighted by Gasteiger charge is 2.32. The first kappa shape index (κ1) is 15.8. The third-order valence-electron chi connectivity index (χ3n) is 3.87. The average Bonchev–Trinajstić information content (AvgIpc) is 3.08. The number of nitrogens with one attached hydrogen (secondary N) is 2. The Kier molecular flexibility index (Phi) is 4.49. The molecule has 1 saturated carbocycles. The maximum Gasteiger partial charge on any atom is 0.291 e. The van der Waals surface area contributed by atoms with Crippen LogP contribution in [-0.2, 0) is 0 Å². The van der Waals surface area contributed by atoms with Crippen molar-refractivity contribution in [1.29, 1.82) is 0 Å². The van der Waals surface area contributed by atoms with Crippen LogP contribution in [0.1, 0.15) is 38.6 Å². The highest BCUT2D eigenvalue weighted by Crippen LogP contribution is 2.33. The lowest BCUT2D eigenvalue weighted by Crippen LogP contribution is -2.41. The van der Waals surface area contributed by atoms with E-state index in [9.17, 15) is 9.59 Å². The molecule has 1 aliphatic rings. The van der Waals surface area contributed by atoms with E-state index >= 15 is 0 Å². The molecule has 122 valence electrons. The smallest absolute Gasteiger partial charge is 0.291 e. The van der Waals surface area contributed by atoms with Gasteiger partial charge in [0.1, 0.15) is 0 Å². The van der Waals surface area contributed by atoms with Crippen LogP contribution < -0.4 is 16.4 Å². The Bertz CT molecular complexity index is 704. The summed E-state index contributed by atoms with van der Waals surface area (Å²) in [5.74, 6) is 0.274. The van der Waals surface area contributed by atoms with E-state index in [0.717, 1.165) is 18.4 Å². The second-order valence-corrected chi connectivity index (χ2v) is 6.76. The number of aryl methyl sites for hydroxylation is 1. The zero-order valence-corrected chi connectivity index (χ0v) is 13.6. The number of hydrogen-bond donors (Lipinski definition) is 3. The van der Waals surface area contributed by atoms with E-state index in [4.69, 9.17) is 10.2 Å². The normalized spacial score (nSPS) is 15.2. The molecule has 1 aliphatic carbocycles. The van der Waals surface area contributed by atoms with Gasteiger partial charge in [0.2, 0.25) is 0 Å². The number of anilines is 1. The van der Waals surface area contributed by atoms with Crippen molar-refractivity contribution in [2.75, 3.05) is 11.9 Å². The zero-order valence-electron chi connectivity index (χ0n) is 12.8. The van der Waals surface area contributed by atoms with E-state index in [0.29, 0.717) is 22.3 Å². The lowest BCUT2D eigenvalue weighted by atomic mass is 10.2. The lowest BCUT2D eigenvalue weighted by molar-refractivity contribution is 0.0936. The average molecular weight is 333 g/mol. The molecule has 0 saturated heterocycles. The Labute approximate surface area is 138 Å². The molecule has 7 heteroatoms. The van der Waals surface area contributed by atoms with Crippen LogP contribution in [0.15, 0.2) is 28.9 Å². The molecule has 1 fully saturated rings. The summed E-state index contributed by atoms with van der Waals surface area (Å²) in [6.45, 7) is 2.30. The molecule has 2 amide bonds. The van der Waals surface area contributed by atoms with E-state index in [1.165, 1.54) is 17.6 Å². The summed E-state index contributed by atoms with van der Waals surface area (Å²) < 4.78 is 5.05. The van der Waals surface area contributed by atoms with Gasteiger partial charge in [-0.05, 0) is 49.4 Å². The molecule has 2 aromatic heterocycles. The summed E-state index contributed by atoms with van der Waals surface area (Å²) in [5, 5.41) is 6.35. The highest BCUT2D eigenvalue weighted by atomic mass is 32.1. The molecule has 6 nitrogen and oxygen atoms in total. The Hall–Kier alpha value is -2.12. The third-order valence-corrected chi connectivity index (χ3v) is 5.02. The second-order valence-electron chi connectivity index (χ2n) is 5.71. The molecular formula is C16H19N3O3S. The first-order chi connectivity index (χ1) is 11.1. The van der Waals surface area contributed by atoms with Crippen LogP contribution in [0.5, 0.6) is 0 Å². The quantitative estimate of drug-likeness (QED) is 0.756. The van der Waals surface area contributed by atoms with Gasteiger partial charge in [0, 0.05) is 12.6 Å². The van der Waals surface area contributed by atoms with E-state index < -0.39 is 0 Å². The van der Waals surface area contributed by atoms with Crippen molar-refractivity contribution in [3.63, 3.8) is 0 Å². The molecule has 3 rings (SSSR count). The first-order valence-corrected chi connectivity index (χ1v) is 8.36. The third kappa shape index (κ3) is 3.62. The van der Waals surface area contributed by atoms with Crippen LogP contribution in [0, 0.1) is 12.8 Å². The fraction of sp³-hybridized carbons (Fsp3) is 0.375. The predicted octanol–water partition coefficient (Wildman–Crippen LogP) is 2.37. The maximum atomic E-state index is 12.4. The van der Waals surface area contributed by atoms with Gasteiger partial charge in [-0.25, -0.2) is 0 Å². The Balaban J connectivity index is 1.67. The minimum absolute atomic E-state index is 0.0326. The van der Waals surface area contributed by atoms with Crippen LogP contribution in [0.4, 0.5) is 5.00 Å². The van der Waals surface area contributed by atoms with Crippen LogP contribution in [0.3, 0.4) is 0 Å². The van der Waals surface area contributed by atoms with Crippen molar-refractivity contribution >= 4 is 28.2 Å². The topological polar surface area (TPSA) is 97.4 Å². The van der Waals surface area contributed by atoms with Crippen molar-refractivity contribution in [2.24, 2.45) is 11.7 Å². The highest BCUT2D eigenvalue weighted by molar-refractivity contribution is 7.18. The van der Waals surface area contributed by atoms with Crippen LogP contribution >= 0.6 is 11.3 Å². The summed E-state index contributed by atoms with van der Waals surface area (Å²) >= 11 is 1.25. The van der Waals surface area contributed by atoms with Crippen molar-refractivity contribution in [1.82, 2.24) is 5.32 Å². The summed E-state index contributed by atoms with van der Waals surface area (Å²) in [6, 6.07) is 5.06. The largest absolute Gasteiger partial charge is 0.459 e. The van der Waals surface area contributed by atoms with Gasteiger partial charge < -0.3 is 20.8 Å². The Morgan fingerprint density at radius 2 is 2.22 bits per heavy atom. The van der Waals surface area contributed by atoms with Gasteiger partial charge in [0.15, 0.2) is 5.76 Å². The van der Waals surface area contributed by atoms with Gasteiger partial charge in [-0.2, -0.15) is 0 Å². The number of rotatable bonds is 6. The van der Waals surface area contributed by atoms with Gasteiger partial charge >= 0.3 is 0 Å². The van der Waals surface area contributed by atoms with Crippen molar-refractivity contribution < 1.29 is 14.0 Å². The van der Waals surface area contributed by atoms with E-state index in [1.54, 1.807) is 18.2 Å². The summed E-state index contributed by atoms with van der Waals surface area (Å²) in [4.78, 5) is 25.0. The minimum Gasteiger partial charge on any atom is -0.459 e. The minimum atomic E-state index is -0.332. The number of carbonyl (C=O) groups is 2. The molecule has 0 spiro atoms. The number of thiophene rings is 1. The molecule has 0 aliphatic heterocycles. The van der Waals surface area contributed by atoms with Gasteiger partial charge in [-0.1, -0.05) is 0 Å². The molecule has 4 N–H and O–H groups in total. The van der Waals surface area contributed by atoms with Crippen molar-refractivity contribution in [2.45, 2.75) is 25.8 Å². The van der Waals surface area contributed by atoms with E-state index in [1.807, 2.05) is 6.92 Å². The molecular weight excluding hydrogens is 314 g/mol. The van der Waals surface area contributed by atoms with Crippen molar-refractivity contribution in [3.05, 3.63) is 40.7 Å². The molecule has 2 aromatic rings. The van der Waals surface area contributed by atoms with E-state index in [2.05, 4.69) is 10.6 Å². The molecule has 0 bridgehead atoms. The molecule has 2 heterocycles. The van der Waals surface area contributed by atoms with E-state index in [-0.39, 0.29) is 23.6 Å². The zero-order chi connectivity index (χ0) is 16.4. The Morgan fingerprint density at radius 1 is 1.43 bits per heavy atom. The van der Waals surface area contributed by atoms with Crippen LogP contribution in [0.2, 0.25) is 0 Å². The number of nitrogens with two attached hydrogens (primary N) is 1. The molecule has 1 unspecified atom stereocenters. The van der Waals surface area contributed by atoms with Gasteiger partial charge in [0.25, 0.3) is 11.8 Å². The standard InChI is InChI=1S/C16H19N3O3S/c1-9-7-13(19-15(20)12-3-2-6-22-12)23-14(9)16(21)18-11(8-17)10-4-5-10/h2-3,6-7,10-11H,4-5,8,17H2,1H3,(H,18,21)(H,19,20). The second kappa shape index (κ2) is 6.55. The summed E-state index contributed by atoms with van der Waals surface area (Å²) in [6.07, 6.45) is 3.68. The first-order valence-electron chi connectivity index (χ1n) is 7.54. The molecule has 23 heavy (non-hydrogen) atoms. The number of hydrogen-bond acceptors (Lipinski definition) is 5. The summed E-state index contributed by atoms with van der Waals surface area (Å²) in [5.41, 5.74) is 6.55. The molecule has 1 atom stereocenters. The van der Waals surface area contributed by atoms with Gasteiger partial charge in [-0.15, -0.1) is 11.3 Å². The predicted molar refractivity (Wildman–Crippen MR) is 88.7 cm³/mol. The van der Waals surface area contributed by atoms with Gasteiger partial charge in [-0.3, -0.25) is 9.59 Å². The van der Waals surface area contributed by atoms with Crippen LogP contribution in [-0.4, -0.2) is 24.4 Å². The fourth-order valence-electron chi connectivity index (χ4n) is 2.45. The number of amides is 2. The number of carbonyl (C=O) groups excluding carboxylic acids is 2. The van der Waals surface area contributed by atoms with Crippen molar-refractivity contribution in [3.8, 4) is 0 Å². The van der Waals surface area contributed by atoms with Crippen LogP contribution in [0.25, 0.3) is 0 Å². The lowest BCUT2D eigenvalue weighted by Gasteiger charge is -2.15. The SMILES string of the molecule is Cc1cc(NC(=O)c2ccco2)sc1C(=O)NC(CN)C1CC1. The number of furan rings is 1. The fourth-order valence-corrected chi connectivity index (χ4v) is 3.42. The van der Waals surface area contributed by atoms with Gasteiger partial charge in [0.05, 0.1) is 16.1 Å². The maximum absolute atomic E-state index is 12.4. The Morgan fingerprint density at radius 3 is 2.83 bits per heavy atom. The monoisotopic (exact) mass is 333 g/mol. The molecule has 0 radical (unpaired) electrons.